The molecule has 3 rings (SSSR count). The third-order valence-corrected chi connectivity index (χ3v) is 5.20. The van der Waals surface area contributed by atoms with Crippen molar-refractivity contribution in [3.63, 3.8) is 0 Å². The number of nitrogens with one attached hydrogen (secondary N) is 1. The normalized spacial score (nSPS) is 22.0. The predicted octanol–water partition coefficient (Wildman–Crippen LogP) is 4.02. The molecule has 126 valence electrons. The van der Waals surface area contributed by atoms with Gasteiger partial charge in [-0.2, -0.15) is 0 Å². The molecule has 2 aliphatic rings. The lowest BCUT2D eigenvalue weighted by atomic mass is 9.98. The zero-order valence-corrected chi connectivity index (χ0v) is 14.8. The summed E-state index contributed by atoms with van der Waals surface area (Å²) >= 11 is 6.33. The molecule has 1 aromatic rings. The summed E-state index contributed by atoms with van der Waals surface area (Å²) in [6, 6.07) is 5.81. The molecule has 1 aliphatic heterocycles. The molecule has 0 radical (unpaired) electrons. The summed E-state index contributed by atoms with van der Waals surface area (Å²) in [6.45, 7) is 3.03. The van der Waals surface area contributed by atoms with E-state index in [9.17, 15) is 4.79 Å². The molecular weight excluding hydrogens is 310 g/mol. The smallest absolute Gasteiger partial charge is 0.321 e. The first kappa shape index (κ1) is 16.6. The fourth-order valence-electron chi connectivity index (χ4n) is 3.44. The summed E-state index contributed by atoms with van der Waals surface area (Å²) in [5.74, 6) is 1.18. The Kier molecular flexibility index (Phi) is 5.12. The third kappa shape index (κ3) is 4.39. The molecule has 1 saturated carbocycles. The van der Waals surface area contributed by atoms with Crippen LogP contribution in [0.4, 0.5) is 10.5 Å². The Labute approximate surface area is 143 Å². The van der Waals surface area contributed by atoms with Crippen molar-refractivity contribution >= 4 is 23.3 Å². The van der Waals surface area contributed by atoms with E-state index in [0.29, 0.717) is 11.8 Å². The van der Waals surface area contributed by atoms with Crippen LogP contribution in [0.5, 0.6) is 0 Å². The van der Waals surface area contributed by atoms with Crippen LogP contribution in [0, 0.1) is 5.92 Å². The van der Waals surface area contributed by atoms with Crippen molar-refractivity contribution in [2.24, 2.45) is 5.92 Å². The quantitative estimate of drug-likeness (QED) is 0.902. The van der Waals surface area contributed by atoms with E-state index in [1.165, 1.54) is 31.2 Å². The third-order valence-electron chi connectivity index (χ3n) is 4.87. The molecule has 2 fully saturated rings. The number of piperidine rings is 1. The molecule has 1 N–H and O–H groups in total. The SMILES string of the molecule is CN1CCCC(CN(C)C(=O)Nc2ccc(C3CC3)c(Cl)c2)C1. The predicted molar refractivity (Wildman–Crippen MR) is 95.3 cm³/mol. The number of benzene rings is 1. The number of carbonyl (C=O) groups is 1. The Morgan fingerprint density at radius 1 is 1.39 bits per heavy atom. The number of nitrogens with zero attached hydrogens (tertiary/aromatic N) is 2. The summed E-state index contributed by atoms with van der Waals surface area (Å²) < 4.78 is 0. The molecule has 0 aromatic heterocycles. The van der Waals surface area contributed by atoms with Gasteiger partial charge in [0.05, 0.1) is 0 Å². The number of anilines is 1. The minimum atomic E-state index is -0.0616. The highest BCUT2D eigenvalue weighted by Crippen LogP contribution is 2.43. The Hall–Kier alpha value is -1.26. The molecule has 4 nitrogen and oxygen atoms in total. The molecule has 1 aromatic carbocycles. The molecule has 1 atom stereocenters. The van der Waals surface area contributed by atoms with Crippen LogP contribution in [0.25, 0.3) is 0 Å². The van der Waals surface area contributed by atoms with E-state index in [-0.39, 0.29) is 6.03 Å². The first-order valence-corrected chi connectivity index (χ1v) is 8.91. The van der Waals surface area contributed by atoms with Crippen LogP contribution >= 0.6 is 11.6 Å². The maximum absolute atomic E-state index is 12.4. The molecule has 1 heterocycles. The van der Waals surface area contributed by atoms with Gasteiger partial charge in [0, 0.05) is 30.8 Å². The van der Waals surface area contributed by atoms with Gasteiger partial charge in [-0.25, -0.2) is 4.79 Å². The molecule has 1 saturated heterocycles. The van der Waals surface area contributed by atoms with Crippen LogP contribution in [-0.2, 0) is 0 Å². The highest BCUT2D eigenvalue weighted by molar-refractivity contribution is 6.31. The minimum absolute atomic E-state index is 0.0616. The van der Waals surface area contributed by atoms with E-state index in [4.69, 9.17) is 11.6 Å². The van der Waals surface area contributed by atoms with Gasteiger partial charge in [-0.15, -0.1) is 0 Å². The standard InChI is InChI=1S/C18H26ClN3O/c1-21-9-3-4-13(11-21)12-22(2)18(23)20-15-7-8-16(14-5-6-14)17(19)10-15/h7-8,10,13-14H,3-6,9,11-12H2,1-2H3,(H,20,23). The fraction of sp³-hybridized carbons (Fsp3) is 0.611. The summed E-state index contributed by atoms with van der Waals surface area (Å²) in [6.07, 6.45) is 4.87. The van der Waals surface area contributed by atoms with Gasteiger partial charge in [0.2, 0.25) is 0 Å². The average Bonchev–Trinajstić information content (AvgIpc) is 3.32. The number of likely N-dealkylation sites (tertiary alicyclic amines) is 1. The van der Waals surface area contributed by atoms with E-state index < -0.39 is 0 Å². The molecular formula is C18H26ClN3O. The van der Waals surface area contributed by atoms with Gasteiger partial charge < -0.3 is 15.1 Å². The van der Waals surface area contributed by atoms with E-state index in [1.807, 2.05) is 25.2 Å². The maximum Gasteiger partial charge on any atom is 0.321 e. The highest BCUT2D eigenvalue weighted by Gasteiger charge is 2.26. The summed E-state index contributed by atoms with van der Waals surface area (Å²) in [4.78, 5) is 16.5. The number of hydrogen-bond acceptors (Lipinski definition) is 2. The molecule has 0 bridgehead atoms. The molecule has 0 spiro atoms. The lowest BCUT2D eigenvalue weighted by Crippen LogP contribution is -2.41. The zero-order valence-electron chi connectivity index (χ0n) is 14.0. The van der Waals surface area contributed by atoms with Crippen LogP contribution < -0.4 is 5.32 Å². The van der Waals surface area contributed by atoms with Crippen LogP contribution in [0.1, 0.15) is 37.2 Å². The minimum Gasteiger partial charge on any atom is -0.327 e. The van der Waals surface area contributed by atoms with Gasteiger partial charge in [0.25, 0.3) is 0 Å². The van der Waals surface area contributed by atoms with Gasteiger partial charge in [-0.3, -0.25) is 0 Å². The van der Waals surface area contributed by atoms with Crippen LogP contribution in [0.15, 0.2) is 18.2 Å². The number of rotatable bonds is 4. The number of halogens is 1. The molecule has 2 amide bonds. The average molecular weight is 336 g/mol. The van der Waals surface area contributed by atoms with E-state index >= 15 is 0 Å². The number of urea groups is 1. The summed E-state index contributed by atoms with van der Waals surface area (Å²) in [5, 5.41) is 3.72. The van der Waals surface area contributed by atoms with Crippen molar-refractivity contribution in [1.29, 1.82) is 0 Å². The topological polar surface area (TPSA) is 35.6 Å². The first-order valence-electron chi connectivity index (χ1n) is 8.53. The molecule has 1 unspecified atom stereocenters. The zero-order chi connectivity index (χ0) is 16.4. The van der Waals surface area contributed by atoms with Crippen LogP contribution in [0.3, 0.4) is 0 Å². The lowest BCUT2D eigenvalue weighted by Gasteiger charge is -2.32. The van der Waals surface area contributed by atoms with Crippen LogP contribution in [-0.4, -0.2) is 49.6 Å². The van der Waals surface area contributed by atoms with Crippen molar-refractivity contribution in [1.82, 2.24) is 9.80 Å². The maximum atomic E-state index is 12.4. The van der Waals surface area contributed by atoms with Crippen molar-refractivity contribution in [3.05, 3.63) is 28.8 Å². The molecule has 1 aliphatic carbocycles. The fourth-order valence-corrected chi connectivity index (χ4v) is 3.78. The Morgan fingerprint density at radius 3 is 2.83 bits per heavy atom. The van der Waals surface area contributed by atoms with Gasteiger partial charge >= 0.3 is 6.03 Å². The number of carbonyl (C=O) groups excluding carboxylic acids is 1. The Bertz CT molecular complexity index is 573. The van der Waals surface area contributed by atoms with Gasteiger partial charge in [0.15, 0.2) is 0 Å². The Balaban J connectivity index is 1.54. The van der Waals surface area contributed by atoms with Crippen molar-refractivity contribution in [3.8, 4) is 0 Å². The monoisotopic (exact) mass is 335 g/mol. The second kappa shape index (κ2) is 7.10. The van der Waals surface area contributed by atoms with E-state index in [1.54, 1.807) is 4.90 Å². The van der Waals surface area contributed by atoms with Crippen molar-refractivity contribution in [2.45, 2.75) is 31.6 Å². The van der Waals surface area contributed by atoms with Gasteiger partial charge in [-0.05, 0) is 68.8 Å². The molecule has 23 heavy (non-hydrogen) atoms. The summed E-state index contributed by atoms with van der Waals surface area (Å²) in [5.41, 5.74) is 1.99. The van der Waals surface area contributed by atoms with Crippen molar-refractivity contribution in [2.75, 3.05) is 39.0 Å². The van der Waals surface area contributed by atoms with E-state index in [0.717, 1.165) is 30.3 Å². The largest absolute Gasteiger partial charge is 0.327 e. The Morgan fingerprint density at radius 2 is 2.17 bits per heavy atom. The lowest BCUT2D eigenvalue weighted by molar-refractivity contribution is 0.170. The first-order chi connectivity index (χ1) is 11.0. The second-order valence-corrected chi connectivity index (χ2v) is 7.50. The number of hydrogen-bond donors (Lipinski definition) is 1. The van der Waals surface area contributed by atoms with Gasteiger partial charge in [-0.1, -0.05) is 17.7 Å². The number of amides is 2. The van der Waals surface area contributed by atoms with Crippen LogP contribution in [0.2, 0.25) is 5.02 Å². The second-order valence-electron chi connectivity index (χ2n) is 7.09. The van der Waals surface area contributed by atoms with Crippen molar-refractivity contribution < 1.29 is 4.79 Å². The highest BCUT2D eigenvalue weighted by atomic mass is 35.5. The molecule has 5 heteroatoms. The van der Waals surface area contributed by atoms with Gasteiger partial charge in [0.1, 0.15) is 0 Å². The van der Waals surface area contributed by atoms with E-state index in [2.05, 4.69) is 17.3 Å². The summed E-state index contributed by atoms with van der Waals surface area (Å²) in [7, 11) is 4.01.